The fourth-order valence-corrected chi connectivity index (χ4v) is 3.10. The van der Waals surface area contributed by atoms with Crippen LogP contribution in [0.15, 0.2) is 47.4 Å². The molecule has 2 N–H and O–H groups in total. The van der Waals surface area contributed by atoms with Gasteiger partial charge in [-0.2, -0.15) is 0 Å². The number of carbonyl (C=O) groups is 2. The Morgan fingerprint density at radius 1 is 1.16 bits per heavy atom. The van der Waals surface area contributed by atoms with E-state index in [1.54, 1.807) is 18.2 Å². The highest BCUT2D eigenvalue weighted by Gasteiger charge is 2.06. The Morgan fingerprint density at radius 2 is 1.96 bits per heavy atom. The molecule has 2 aromatic carbocycles. The molecule has 0 spiro atoms. The Kier molecular flexibility index (Phi) is 6.89. The minimum atomic E-state index is -1.03. The highest BCUT2D eigenvalue weighted by molar-refractivity contribution is 8.00. The molecule has 25 heavy (non-hydrogen) atoms. The highest BCUT2D eigenvalue weighted by Crippen LogP contribution is 2.23. The number of aryl methyl sites for hydroxylation is 2. The van der Waals surface area contributed by atoms with Crippen molar-refractivity contribution in [2.24, 2.45) is 0 Å². The lowest BCUT2D eigenvalue weighted by Crippen LogP contribution is -2.24. The molecule has 132 valence electrons. The lowest BCUT2D eigenvalue weighted by atomic mass is 10.2. The number of hydrogen-bond acceptors (Lipinski definition) is 4. The van der Waals surface area contributed by atoms with E-state index in [1.165, 1.54) is 17.3 Å². The summed E-state index contributed by atoms with van der Waals surface area (Å²) >= 11 is 1.52. The van der Waals surface area contributed by atoms with E-state index in [1.807, 2.05) is 19.9 Å². The molecule has 0 heterocycles. The Labute approximate surface area is 151 Å². The van der Waals surface area contributed by atoms with Gasteiger partial charge >= 0.3 is 5.97 Å². The minimum absolute atomic E-state index is 0.0530. The van der Waals surface area contributed by atoms with E-state index >= 15 is 0 Å². The fraction of sp³-hybridized carbons (Fsp3) is 0.263. The van der Waals surface area contributed by atoms with E-state index in [2.05, 4.69) is 23.5 Å². The van der Waals surface area contributed by atoms with Crippen molar-refractivity contribution in [1.82, 2.24) is 5.32 Å². The molecule has 6 heteroatoms. The molecule has 0 aromatic heterocycles. The molecule has 0 aliphatic carbocycles. The summed E-state index contributed by atoms with van der Waals surface area (Å²) in [7, 11) is 0. The van der Waals surface area contributed by atoms with Crippen LogP contribution in [0.3, 0.4) is 0 Å². The molecule has 0 atom stereocenters. The zero-order chi connectivity index (χ0) is 18.2. The van der Waals surface area contributed by atoms with Gasteiger partial charge in [-0.25, -0.2) is 4.79 Å². The van der Waals surface area contributed by atoms with Gasteiger partial charge in [0.1, 0.15) is 5.75 Å². The van der Waals surface area contributed by atoms with Crippen LogP contribution in [0, 0.1) is 13.8 Å². The van der Waals surface area contributed by atoms with Gasteiger partial charge in [-0.3, -0.25) is 4.79 Å². The molecular weight excluding hydrogens is 338 g/mol. The third-order valence-corrected chi connectivity index (χ3v) is 4.61. The predicted octanol–water partition coefficient (Wildman–Crippen LogP) is 3.18. The van der Waals surface area contributed by atoms with Gasteiger partial charge in [0.05, 0.1) is 5.75 Å². The molecule has 1 amide bonds. The third kappa shape index (κ3) is 6.51. The van der Waals surface area contributed by atoms with Crippen molar-refractivity contribution in [2.45, 2.75) is 25.3 Å². The second-order valence-corrected chi connectivity index (χ2v) is 6.68. The first-order chi connectivity index (χ1) is 11.9. The summed E-state index contributed by atoms with van der Waals surface area (Å²) in [6.45, 7) is 4.05. The summed E-state index contributed by atoms with van der Waals surface area (Å²) in [5, 5.41) is 11.5. The summed E-state index contributed by atoms with van der Waals surface area (Å²) in [5.74, 6) is -0.261. The van der Waals surface area contributed by atoms with Crippen LogP contribution in [-0.2, 0) is 16.1 Å². The topological polar surface area (TPSA) is 75.6 Å². The smallest absolute Gasteiger partial charge is 0.341 e. The monoisotopic (exact) mass is 359 g/mol. The molecule has 0 saturated carbocycles. The van der Waals surface area contributed by atoms with Crippen molar-refractivity contribution in [3.63, 3.8) is 0 Å². The van der Waals surface area contributed by atoms with E-state index in [-0.39, 0.29) is 12.5 Å². The number of benzene rings is 2. The van der Waals surface area contributed by atoms with E-state index in [4.69, 9.17) is 9.84 Å². The first kappa shape index (κ1) is 18.9. The lowest BCUT2D eigenvalue weighted by Gasteiger charge is -2.09. The summed E-state index contributed by atoms with van der Waals surface area (Å²) in [4.78, 5) is 23.7. The Balaban J connectivity index is 1.82. The van der Waals surface area contributed by atoms with E-state index in [0.29, 0.717) is 18.0 Å². The zero-order valence-electron chi connectivity index (χ0n) is 14.2. The molecule has 0 saturated heterocycles. The SMILES string of the molecule is Cc1ccc(C)c(SCC(=O)NCc2cccc(OCC(=O)O)c2)c1. The summed E-state index contributed by atoms with van der Waals surface area (Å²) in [6, 6.07) is 13.2. The van der Waals surface area contributed by atoms with E-state index in [0.717, 1.165) is 16.0 Å². The standard InChI is InChI=1S/C19H21NO4S/c1-13-6-7-14(2)17(8-13)25-12-18(21)20-10-15-4-3-5-16(9-15)24-11-19(22)23/h3-9H,10-12H2,1-2H3,(H,20,21)(H,22,23). The zero-order valence-corrected chi connectivity index (χ0v) is 15.1. The molecule has 0 bridgehead atoms. The number of nitrogens with one attached hydrogen (secondary N) is 1. The predicted molar refractivity (Wildman–Crippen MR) is 98.1 cm³/mol. The van der Waals surface area contributed by atoms with Gasteiger partial charge in [0.25, 0.3) is 0 Å². The van der Waals surface area contributed by atoms with Crippen LogP contribution in [0.4, 0.5) is 0 Å². The molecule has 0 aliphatic heterocycles. The third-order valence-electron chi connectivity index (χ3n) is 3.45. The van der Waals surface area contributed by atoms with Crippen molar-refractivity contribution in [3.8, 4) is 5.75 Å². The number of thioether (sulfide) groups is 1. The highest BCUT2D eigenvalue weighted by atomic mass is 32.2. The first-order valence-electron chi connectivity index (χ1n) is 7.84. The van der Waals surface area contributed by atoms with Crippen molar-refractivity contribution in [2.75, 3.05) is 12.4 Å². The number of hydrogen-bond donors (Lipinski definition) is 2. The van der Waals surface area contributed by atoms with Crippen LogP contribution >= 0.6 is 11.8 Å². The maximum absolute atomic E-state index is 12.0. The summed E-state index contributed by atoms with van der Waals surface area (Å²) < 4.78 is 5.13. The largest absolute Gasteiger partial charge is 0.482 e. The number of carbonyl (C=O) groups excluding carboxylic acids is 1. The maximum Gasteiger partial charge on any atom is 0.341 e. The van der Waals surface area contributed by atoms with Crippen LogP contribution in [0.5, 0.6) is 5.75 Å². The molecular formula is C19H21NO4S. The molecule has 2 aromatic rings. The van der Waals surface area contributed by atoms with Crippen molar-refractivity contribution >= 4 is 23.6 Å². The normalized spacial score (nSPS) is 10.3. The molecule has 0 fully saturated rings. The van der Waals surface area contributed by atoms with Gasteiger partial charge in [0, 0.05) is 11.4 Å². The first-order valence-corrected chi connectivity index (χ1v) is 8.83. The summed E-state index contributed by atoms with van der Waals surface area (Å²) in [5.41, 5.74) is 3.19. The molecule has 0 aliphatic rings. The average molecular weight is 359 g/mol. The Hall–Kier alpha value is -2.47. The summed E-state index contributed by atoms with van der Waals surface area (Å²) in [6.07, 6.45) is 0. The van der Waals surface area contributed by atoms with Crippen LogP contribution in [0.25, 0.3) is 0 Å². The van der Waals surface area contributed by atoms with Gasteiger partial charge in [-0.1, -0.05) is 29.8 Å². The van der Waals surface area contributed by atoms with Crippen LogP contribution in [0.2, 0.25) is 0 Å². The Morgan fingerprint density at radius 3 is 2.72 bits per heavy atom. The van der Waals surface area contributed by atoms with E-state index in [9.17, 15) is 9.59 Å². The number of rotatable bonds is 8. The number of amides is 1. The molecule has 5 nitrogen and oxygen atoms in total. The average Bonchev–Trinajstić information content (AvgIpc) is 2.59. The van der Waals surface area contributed by atoms with Gasteiger partial charge in [-0.15, -0.1) is 11.8 Å². The lowest BCUT2D eigenvalue weighted by molar-refractivity contribution is -0.139. The van der Waals surface area contributed by atoms with Crippen molar-refractivity contribution in [1.29, 1.82) is 0 Å². The molecule has 2 rings (SSSR count). The number of carboxylic acids is 1. The van der Waals surface area contributed by atoms with Gasteiger partial charge in [-0.05, 0) is 43.2 Å². The van der Waals surface area contributed by atoms with Crippen LogP contribution in [0.1, 0.15) is 16.7 Å². The quantitative estimate of drug-likeness (QED) is 0.708. The number of ether oxygens (including phenoxy) is 1. The van der Waals surface area contributed by atoms with E-state index < -0.39 is 5.97 Å². The number of carboxylic acid groups (broad SMARTS) is 1. The van der Waals surface area contributed by atoms with Crippen LogP contribution in [-0.4, -0.2) is 29.3 Å². The number of aliphatic carboxylic acids is 1. The van der Waals surface area contributed by atoms with Crippen LogP contribution < -0.4 is 10.1 Å². The maximum atomic E-state index is 12.0. The Bertz CT molecular complexity index is 761. The fourth-order valence-electron chi connectivity index (χ4n) is 2.15. The second kappa shape index (κ2) is 9.13. The van der Waals surface area contributed by atoms with Gasteiger partial charge < -0.3 is 15.2 Å². The second-order valence-electron chi connectivity index (χ2n) is 5.66. The van der Waals surface area contributed by atoms with Crippen molar-refractivity contribution < 1.29 is 19.4 Å². The minimum Gasteiger partial charge on any atom is -0.482 e. The van der Waals surface area contributed by atoms with Gasteiger partial charge in [0.2, 0.25) is 5.91 Å². The molecule has 0 unspecified atom stereocenters. The van der Waals surface area contributed by atoms with Gasteiger partial charge in [0.15, 0.2) is 6.61 Å². The molecule has 0 radical (unpaired) electrons. The van der Waals surface area contributed by atoms with Crippen molar-refractivity contribution in [3.05, 3.63) is 59.2 Å².